The number of benzene rings is 1. The average molecular weight is 266 g/mol. The molecule has 1 aliphatic heterocycles. The largest absolute Gasteiger partial charge is 0.391 e. The van der Waals surface area contributed by atoms with Gasteiger partial charge in [0.2, 0.25) is 0 Å². The number of nitro benzene ring substituents is 1. The Morgan fingerprint density at radius 1 is 1.32 bits per heavy atom. The Balaban J connectivity index is 1.99. The minimum absolute atomic E-state index is 0.127. The summed E-state index contributed by atoms with van der Waals surface area (Å²) in [5.74, 6) is 0. The van der Waals surface area contributed by atoms with Crippen molar-refractivity contribution in [3.63, 3.8) is 0 Å². The van der Waals surface area contributed by atoms with Crippen molar-refractivity contribution in [3.8, 4) is 0 Å². The van der Waals surface area contributed by atoms with E-state index in [4.69, 9.17) is 5.11 Å². The van der Waals surface area contributed by atoms with Gasteiger partial charge >= 0.3 is 0 Å². The van der Waals surface area contributed by atoms with Crippen LogP contribution in [0.25, 0.3) is 0 Å². The number of nitrogens with zero attached hydrogens (tertiary/aromatic N) is 3. The van der Waals surface area contributed by atoms with Crippen molar-refractivity contribution >= 4 is 11.4 Å². The Labute approximate surface area is 112 Å². The Morgan fingerprint density at radius 2 is 1.89 bits per heavy atom. The maximum Gasteiger partial charge on any atom is 0.269 e. The molecule has 1 aromatic carbocycles. The highest BCUT2D eigenvalue weighted by Crippen LogP contribution is 2.21. The van der Waals surface area contributed by atoms with Crippen LogP contribution in [0.3, 0.4) is 0 Å². The van der Waals surface area contributed by atoms with E-state index in [0.717, 1.165) is 42.9 Å². The molecule has 1 N–H and O–H groups in total. The van der Waals surface area contributed by atoms with Gasteiger partial charge in [0.25, 0.3) is 5.69 Å². The Kier molecular flexibility index (Phi) is 4.01. The van der Waals surface area contributed by atoms with E-state index in [9.17, 15) is 10.1 Å². The summed E-state index contributed by atoms with van der Waals surface area (Å²) in [7, 11) is 2.16. The summed E-state index contributed by atoms with van der Waals surface area (Å²) < 4.78 is 0.889. The van der Waals surface area contributed by atoms with Crippen molar-refractivity contribution in [3.05, 3.63) is 34.4 Å². The maximum absolute atomic E-state index is 10.6. The lowest BCUT2D eigenvalue weighted by atomic mass is 10.2. The molecule has 0 aromatic heterocycles. The van der Waals surface area contributed by atoms with E-state index in [0.29, 0.717) is 0 Å². The predicted molar refractivity (Wildman–Crippen MR) is 73.2 cm³/mol. The van der Waals surface area contributed by atoms with Gasteiger partial charge in [-0.15, -0.1) is 0 Å². The molecule has 0 radical (unpaired) electrons. The van der Waals surface area contributed by atoms with E-state index in [1.807, 2.05) is 0 Å². The molecular weight excluding hydrogens is 246 g/mol. The highest BCUT2D eigenvalue weighted by Gasteiger charge is 2.28. The highest BCUT2D eigenvalue weighted by atomic mass is 16.6. The molecule has 104 valence electrons. The summed E-state index contributed by atoms with van der Waals surface area (Å²) in [5.41, 5.74) is 1.16. The first-order chi connectivity index (χ1) is 9.04. The van der Waals surface area contributed by atoms with Crippen LogP contribution < -0.4 is 4.90 Å². The molecule has 0 saturated carbocycles. The number of anilines is 1. The van der Waals surface area contributed by atoms with Crippen molar-refractivity contribution in [2.45, 2.75) is 0 Å². The first-order valence-corrected chi connectivity index (χ1v) is 6.48. The van der Waals surface area contributed by atoms with E-state index in [1.165, 1.54) is 0 Å². The first-order valence-electron chi connectivity index (χ1n) is 6.48. The van der Waals surface area contributed by atoms with Gasteiger partial charge in [-0.2, -0.15) is 0 Å². The molecule has 2 rings (SSSR count). The number of nitro groups is 1. The van der Waals surface area contributed by atoms with Gasteiger partial charge in [0.05, 0.1) is 44.8 Å². The van der Waals surface area contributed by atoms with Crippen molar-refractivity contribution in [2.24, 2.45) is 0 Å². The molecule has 19 heavy (non-hydrogen) atoms. The van der Waals surface area contributed by atoms with Gasteiger partial charge in [-0.25, -0.2) is 0 Å². The zero-order chi connectivity index (χ0) is 13.9. The van der Waals surface area contributed by atoms with Gasteiger partial charge in [-0.1, -0.05) is 0 Å². The number of non-ortho nitro benzene ring substituents is 1. The van der Waals surface area contributed by atoms with Crippen molar-refractivity contribution in [1.82, 2.24) is 0 Å². The predicted octanol–water partition coefficient (Wildman–Crippen LogP) is 0.854. The fourth-order valence-corrected chi connectivity index (χ4v) is 2.46. The van der Waals surface area contributed by atoms with Gasteiger partial charge in [0.15, 0.2) is 0 Å². The molecule has 0 spiro atoms. The number of piperazine rings is 1. The maximum atomic E-state index is 10.6. The molecule has 1 aromatic rings. The van der Waals surface area contributed by atoms with E-state index in [2.05, 4.69) is 11.9 Å². The molecule has 1 saturated heterocycles. The van der Waals surface area contributed by atoms with Crippen molar-refractivity contribution in [2.75, 3.05) is 51.3 Å². The standard InChI is InChI=1S/C13H20N3O3/c1-16(10-11-17)8-6-14(7-9-16)12-2-4-13(5-3-12)15(18)19/h2-5,17H,6-11H2,1H3/q+1. The zero-order valence-electron chi connectivity index (χ0n) is 11.2. The van der Waals surface area contributed by atoms with Crippen LogP contribution in [0, 0.1) is 10.1 Å². The van der Waals surface area contributed by atoms with Gasteiger partial charge in [-0.05, 0) is 12.1 Å². The zero-order valence-corrected chi connectivity index (χ0v) is 11.2. The SMILES string of the molecule is C[N+]1(CCO)CCN(c2ccc([N+](=O)[O-])cc2)CC1. The molecule has 6 heteroatoms. The molecule has 0 bridgehead atoms. The number of hydrogen-bond donors (Lipinski definition) is 1. The summed E-state index contributed by atoms with van der Waals surface area (Å²) in [6.07, 6.45) is 0. The van der Waals surface area contributed by atoms with Gasteiger partial charge < -0.3 is 14.5 Å². The van der Waals surface area contributed by atoms with Crippen LogP contribution >= 0.6 is 0 Å². The Hall–Kier alpha value is -1.66. The summed E-state index contributed by atoms with van der Waals surface area (Å²) in [6, 6.07) is 6.71. The average Bonchev–Trinajstić information content (AvgIpc) is 2.40. The van der Waals surface area contributed by atoms with Crippen LogP contribution in [0.1, 0.15) is 0 Å². The second-order valence-corrected chi connectivity index (χ2v) is 5.27. The molecule has 0 amide bonds. The van der Waals surface area contributed by atoms with Crippen molar-refractivity contribution < 1.29 is 14.5 Å². The van der Waals surface area contributed by atoms with Crippen LogP contribution in [0.5, 0.6) is 0 Å². The molecule has 6 nitrogen and oxygen atoms in total. The van der Waals surface area contributed by atoms with Crippen LogP contribution in [0.4, 0.5) is 11.4 Å². The number of aliphatic hydroxyl groups is 1. The van der Waals surface area contributed by atoms with Gasteiger partial charge in [-0.3, -0.25) is 10.1 Å². The molecule has 0 atom stereocenters. The fraction of sp³-hybridized carbons (Fsp3) is 0.538. The summed E-state index contributed by atoms with van der Waals surface area (Å²) in [6.45, 7) is 4.79. The van der Waals surface area contributed by atoms with Gasteiger partial charge in [0, 0.05) is 17.8 Å². The smallest absolute Gasteiger partial charge is 0.269 e. The Bertz CT molecular complexity index is 439. The first kappa shape index (κ1) is 13.8. The number of aliphatic hydroxyl groups excluding tert-OH is 1. The third-order valence-electron chi connectivity index (χ3n) is 3.89. The second-order valence-electron chi connectivity index (χ2n) is 5.27. The lowest BCUT2D eigenvalue weighted by Gasteiger charge is -2.42. The molecule has 1 aliphatic rings. The topological polar surface area (TPSA) is 66.6 Å². The molecule has 0 unspecified atom stereocenters. The van der Waals surface area contributed by atoms with Crippen molar-refractivity contribution in [1.29, 1.82) is 0 Å². The Morgan fingerprint density at radius 3 is 2.37 bits per heavy atom. The fourth-order valence-electron chi connectivity index (χ4n) is 2.46. The minimum Gasteiger partial charge on any atom is -0.391 e. The molecule has 0 aliphatic carbocycles. The van der Waals surface area contributed by atoms with Crippen LogP contribution in [-0.4, -0.2) is 60.9 Å². The van der Waals surface area contributed by atoms with Crippen LogP contribution in [0.2, 0.25) is 0 Å². The van der Waals surface area contributed by atoms with E-state index in [1.54, 1.807) is 24.3 Å². The summed E-state index contributed by atoms with van der Waals surface area (Å²) in [4.78, 5) is 12.5. The third-order valence-corrected chi connectivity index (χ3v) is 3.89. The highest BCUT2D eigenvalue weighted by molar-refractivity contribution is 5.51. The van der Waals surface area contributed by atoms with E-state index in [-0.39, 0.29) is 17.2 Å². The number of quaternary nitrogens is 1. The van der Waals surface area contributed by atoms with Crippen LogP contribution in [-0.2, 0) is 0 Å². The summed E-state index contributed by atoms with van der Waals surface area (Å²) >= 11 is 0. The lowest BCUT2D eigenvalue weighted by molar-refractivity contribution is -0.910. The quantitative estimate of drug-likeness (QED) is 0.498. The minimum atomic E-state index is -0.380. The summed E-state index contributed by atoms with van der Waals surface area (Å²) in [5, 5.41) is 19.7. The molecular formula is C13H20N3O3+. The van der Waals surface area contributed by atoms with Crippen LogP contribution in [0.15, 0.2) is 24.3 Å². The van der Waals surface area contributed by atoms with E-state index >= 15 is 0 Å². The second kappa shape index (κ2) is 5.54. The number of hydrogen-bond acceptors (Lipinski definition) is 4. The lowest BCUT2D eigenvalue weighted by Crippen LogP contribution is -2.58. The van der Waals surface area contributed by atoms with E-state index < -0.39 is 0 Å². The number of rotatable bonds is 4. The molecule has 1 heterocycles. The van der Waals surface area contributed by atoms with Gasteiger partial charge in [0.1, 0.15) is 6.54 Å². The molecule has 1 fully saturated rings. The number of likely N-dealkylation sites (N-methyl/N-ethyl adjacent to an activating group) is 1. The normalized spacial score (nSPS) is 18.3. The monoisotopic (exact) mass is 266 g/mol. The third kappa shape index (κ3) is 3.21.